The molecule has 0 amide bonds. The van der Waals surface area contributed by atoms with Crippen molar-refractivity contribution in [1.82, 2.24) is 0 Å². The van der Waals surface area contributed by atoms with Gasteiger partial charge in [-0.25, -0.2) is 8.42 Å². The molecule has 0 bridgehead atoms. The molecule has 104 valence electrons. The van der Waals surface area contributed by atoms with Gasteiger partial charge in [0, 0.05) is 0 Å². The lowest BCUT2D eigenvalue weighted by atomic mass is 10.1. The van der Waals surface area contributed by atoms with Crippen LogP contribution < -0.4 is 4.72 Å². The van der Waals surface area contributed by atoms with Crippen LogP contribution in [-0.2, 0) is 10.0 Å². The first-order valence-corrected chi connectivity index (χ1v) is 7.74. The molecule has 0 aromatic heterocycles. The zero-order valence-electron chi connectivity index (χ0n) is 11.6. The van der Waals surface area contributed by atoms with E-state index in [0.29, 0.717) is 5.69 Å². The van der Waals surface area contributed by atoms with E-state index < -0.39 is 10.0 Å². The van der Waals surface area contributed by atoms with Crippen molar-refractivity contribution in [3.63, 3.8) is 0 Å². The monoisotopic (exact) mass is 287 g/mol. The number of hydrogen-bond donors (Lipinski definition) is 1. The Balaban J connectivity index is 2.43. The van der Waals surface area contributed by atoms with Crippen molar-refractivity contribution in [3.8, 4) is 0 Å². The highest BCUT2D eigenvalue weighted by atomic mass is 32.2. The van der Waals surface area contributed by atoms with Gasteiger partial charge in [-0.15, -0.1) is 0 Å². The molecule has 0 aliphatic rings. The summed E-state index contributed by atoms with van der Waals surface area (Å²) in [5, 5.41) is 0. The summed E-state index contributed by atoms with van der Waals surface area (Å²) < 4.78 is 27.4. The van der Waals surface area contributed by atoms with Gasteiger partial charge in [-0.05, 0) is 37.1 Å². The van der Waals surface area contributed by atoms with E-state index in [4.69, 9.17) is 0 Å². The van der Waals surface area contributed by atoms with Gasteiger partial charge in [0.2, 0.25) is 0 Å². The van der Waals surface area contributed by atoms with Crippen LogP contribution in [0.4, 0.5) is 5.69 Å². The van der Waals surface area contributed by atoms with Gasteiger partial charge in [0.15, 0.2) is 0 Å². The summed E-state index contributed by atoms with van der Waals surface area (Å²) in [7, 11) is -3.58. The summed E-state index contributed by atoms with van der Waals surface area (Å²) in [6.07, 6.45) is 1.64. The van der Waals surface area contributed by atoms with E-state index in [0.717, 1.165) is 16.7 Å². The van der Waals surface area contributed by atoms with Crippen LogP contribution in [-0.4, -0.2) is 8.42 Å². The number of anilines is 1. The number of para-hydroxylation sites is 1. The Labute approximate surface area is 120 Å². The molecule has 0 atom stereocenters. The zero-order chi connectivity index (χ0) is 14.8. The summed E-state index contributed by atoms with van der Waals surface area (Å²) in [5.74, 6) is 0. The fraction of sp³-hybridized carbons (Fsp3) is 0.125. The summed E-state index contributed by atoms with van der Waals surface area (Å²) >= 11 is 0. The molecule has 2 rings (SSSR count). The molecule has 1 N–H and O–H groups in total. The normalized spacial score (nSPS) is 11.1. The molecule has 0 unspecified atom stereocenters. The standard InChI is InChI=1S/C16H17NO2S/c1-4-14-7-5-6-13(3)16(14)17-20(18,19)15-10-8-12(2)9-11-15/h4-11,17H,1H2,2-3H3. The SMILES string of the molecule is C=Cc1cccc(C)c1NS(=O)(=O)c1ccc(C)cc1. The first-order chi connectivity index (χ1) is 9.44. The Morgan fingerprint density at radius 3 is 2.30 bits per heavy atom. The van der Waals surface area contributed by atoms with Crippen LogP contribution in [0, 0.1) is 13.8 Å². The van der Waals surface area contributed by atoms with Gasteiger partial charge in [0.25, 0.3) is 10.0 Å². The molecule has 2 aromatic rings. The largest absolute Gasteiger partial charge is 0.279 e. The number of sulfonamides is 1. The maximum Gasteiger partial charge on any atom is 0.261 e. The quantitative estimate of drug-likeness (QED) is 0.931. The Morgan fingerprint density at radius 2 is 1.70 bits per heavy atom. The summed E-state index contributed by atoms with van der Waals surface area (Å²) in [4.78, 5) is 0.251. The van der Waals surface area contributed by atoms with Crippen molar-refractivity contribution in [2.75, 3.05) is 4.72 Å². The lowest BCUT2D eigenvalue weighted by Gasteiger charge is -2.13. The Hall–Kier alpha value is -2.07. The van der Waals surface area contributed by atoms with Crippen LogP contribution in [0.3, 0.4) is 0 Å². The number of benzene rings is 2. The van der Waals surface area contributed by atoms with E-state index in [2.05, 4.69) is 11.3 Å². The number of aryl methyl sites for hydroxylation is 2. The second kappa shape index (κ2) is 5.51. The van der Waals surface area contributed by atoms with Gasteiger partial charge in [0.05, 0.1) is 10.6 Å². The van der Waals surface area contributed by atoms with E-state index in [9.17, 15) is 8.42 Å². The molecule has 0 heterocycles. The molecule has 0 aliphatic carbocycles. The predicted molar refractivity (Wildman–Crippen MR) is 83.3 cm³/mol. The van der Waals surface area contributed by atoms with E-state index in [-0.39, 0.29) is 4.90 Å². The van der Waals surface area contributed by atoms with Crippen molar-refractivity contribution >= 4 is 21.8 Å². The van der Waals surface area contributed by atoms with Crippen LogP contribution in [0.5, 0.6) is 0 Å². The van der Waals surface area contributed by atoms with Gasteiger partial charge in [-0.2, -0.15) is 0 Å². The average Bonchev–Trinajstić information content (AvgIpc) is 2.41. The van der Waals surface area contributed by atoms with Crippen LogP contribution in [0.25, 0.3) is 6.08 Å². The first-order valence-electron chi connectivity index (χ1n) is 6.25. The maximum absolute atomic E-state index is 12.4. The van der Waals surface area contributed by atoms with Gasteiger partial charge in [0.1, 0.15) is 0 Å². The summed E-state index contributed by atoms with van der Waals surface area (Å²) in [6.45, 7) is 7.49. The Bertz CT molecular complexity index is 732. The molecule has 0 saturated heterocycles. The highest BCUT2D eigenvalue weighted by Gasteiger charge is 2.16. The van der Waals surface area contributed by atoms with Crippen molar-refractivity contribution in [3.05, 3.63) is 65.7 Å². The lowest BCUT2D eigenvalue weighted by Crippen LogP contribution is -2.14. The zero-order valence-corrected chi connectivity index (χ0v) is 12.4. The third-order valence-corrected chi connectivity index (χ3v) is 4.46. The second-order valence-corrected chi connectivity index (χ2v) is 6.34. The fourth-order valence-corrected chi connectivity index (χ4v) is 3.07. The van der Waals surface area contributed by atoms with Crippen molar-refractivity contribution in [2.24, 2.45) is 0 Å². The molecule has 0 fully saturated rings. The maximum atomic E-state index is 12.4. The smallest absolute Gasteiger partial charge is 0.261 e. The lowest BCUT2D eigenvalue weighted by molar-refractivity contribution is 0.601. The molecule has 0 spiro atoms. The van der Waals surface area contributed by atoms with Gasteiger partial charge >= 0.3 is 0 Å². The van der Waals surface area contributed by atoms with Gasteiger partial charge < -0.3 is 0 Å². The number of rotatable bonds is 4. The Kier molecular flexibility index (Phi) is 3.95. The molecule has 3 nitrogen and oxygen atoms in total. The average molecular weight is 287 g/mol. The molecule has 20 heavy (non-hydrogen) atoms. The van der Waals surface area contributed by atoms with Crippen molar-refractivity contribution in [2.45, 2.75) is 18.7 Å². The predicted octanol–water partition coefficient (Wildman–Crippen LogP) is 3.75. The minimum absolute atomic E-state index is 0.251. The number of nitrogens with one attached hydrogen (secondary N) is 1. The number of hydrogen-bond acceptors (Lipinski definition) is 2. The van der Waals surface area contributed by atoms with Crippen LogP contribution in [0.15, 0.2) is 53.9 Å². The third-order valence-electron chi connectivity index (χ3n) is 3.09. The van der Waals surface area contributed by atoms with Crippen LogP contribution >= 0.6 is 0 Å². The molecular formula is C16H17NO2S. The third kappa shape index (κ3) is 2.91. The molecule has 0 radical (unpaired) electrons. The van der Waals surface area contributed by atoms with E-state index in [1.165, 1.54) is 0 Å². The highest BCUT2D eigenvalue weighted by Crippen LogP contribution is 2.25. The molecule has 0 saturated carbocycles. The molecule has 4 heteroatoms. The van der Waals surface area contributed by atoms with Gasteiger partial charge in [-0.3, -0.25) is 4.72 Å². The fourth-order valence-electron chi connectivity index (χ4n) is 1.91. The van der Waals surface area contributed by atoms with E-state index >= 15 is 0 Å². The minimum atomic E-state index is -3.58. The topological polar surface area (TPSA) is 46.2 Å². The van der Waals surface area contributed by atoms with E-state index in [1.54, 1.807) is 30.3 Å². The van der Waals surface area contributed by atoms with Crippen LogP contribution in [0.2, 0.25) is 0 Å². The first kappa shape index (κ1) is 14.3. The second-order valence-electron chi connectivity index (χ2n) is 4.66. The summed E-state index contributed by atoms with van der Waals surface area (Å²) in [6, 6.07) is 12.3. The van der Waals surface area contributed by atoms with Gasteiger partial charge in [-0.1, -0.05) is 48.6 Å². The molecule has 2 aromatic carbocycles. The Morgan fingerprint density at radius 1 is 1.05 bits per heavy atom. The minimum Gasteiger partial charge on any atom is -0.279 e. The van der Waals surface area contributed by atoms with Crippen molar-refractivity contribution < 1.29 is 8.42 Å². The molecular weight excluding hydrogens is 270 g/mol. The highest BCUT2D eigenvalue weighted by molar-refractivity contribution is 7.92. The van der Waals surface area contributed by atoms with E-state index in [1.807, 2.05) is 32.0 Å². The molecule has 0 aliphatic heterocycles. The van der Waals surface area contributed by atoms with Crippen LogP contribution in [0.1, 0.15) is 16.7 Å². The summed E-state index contributed by atoms with van der Waals surface area (Å²) in [5.41, 5.74) is 3.22. The van der Waals surface area contributed by atoms with Crippen molar-refractivity contribution in [1.29, 1.82) is 0 Å².